The second-order valence-corrected chi connectivity index (χ2v) is 5.15. The molecule has 0 radical (unpaired) electrons. The lowest BCUT2D eigenvalue weighted by atomic mass is 10.2. The Bertz CT molecular complexity index is 505. The molecular formula is C10H11F3N2O3S. The highest BCUT2D eigenvalue weighted by atomic mass is 32.2. The number of pyridine rings is 1. The van der Waals surface area contributed by atoms with E-state index in [4.69, 9.17) is 5.11 Å². The molecular weight excluding hydrogens is 285 g/mol. The maximum absolute atomic E-state index is 12.5. The number of nitrogens with zero attached hydrogens (tertiary/aromatic N) is 1. The van der Waals surface area contributed by atoms with Gasteiger partial charge in [-0.15, -0.1) is 0 Å². The van der Waals surface area contributed by atoms with Gasteiger partial charge in [0.15, 0.2) is 0 Å². The zero-order chi connectivity index (χ0) is 14.6. The maximum Gasteiger partial charge on any atom is 0.433 e. The summed E-state index contributed by atoms with van der Waals surface area (Å²) in [6.07, 6.45) is -3.22. The SMILES string of the molecule is CS(=O)CCNc1nc(C(F)(F)F)ccc1C(=O)O. The van der Waals surface area contributed by atoms with E-state index in [1.807, 2.05) is 0 Å². The Balaban J connectivity index is 3.02. The number of rotatable bonds is 5. The largest absolute Gasteiger partial charge is 0.478 e. The van der Waals surface area contributed by atoms with Crippen LogP contribution < -0.4 is 5.32 Å². The molecule has 0 spiro atoms. The van der Waals surface area contributed by atoms with E-state index in [1.54, 1.807) is 0 Å². The van der Waals surface area contributed by atoms with Crippen LogP contribution in [0.1, 0.15) is 16.1 Å². The van der Waals surface area contributed by atoms with E-state index in [9.17, 15) is 22.2 Å². The third kappa shape index (κ3) is 4.51. The standard InChI is InChI=1S/C10H11F3N2O3S/c1-19(18)5-4-14-8-6(9(16)17)2-3-7(15-8)10(11,12)13/h2-3H,4-5H2,1H3,(H,14,15)(H,16,17). The summed E-state index contributed by atoms with van der Waals surface area (Å²) >= 11 is 0. The molecule has 9 heteroatoms. The summed E-state index contributed by atoms with van der Waals surface area (Å²) in [5.41, 5.74) is -1.55. The van der Waals surface area contributed by atoms with E-state index in [2.05, 4.69) is 10.3 Å². The fourth-order valence-electron chi connectivity index (χ4n) is 1.24. The lowest BCUT2D eigenvalue weighted by molar-refractivity contribution is -0.141. The minimum atomic E-state index is -4.65. The summed E-state index contributed by atoms with van der Waals surface area (Å²) in [5.74, 6) is -1.59. The quantitative estimate of drug-likeness (QED) is 0.862. The molecule has 5 nitrogen and oxygen atoms in total. The van der Waals surface area contributed by atoms with Crippen LogP contribution in [0.3, 0.4) is 0 Å². The first-order valence-electron chi connectivity index (χ1n) is 5.07. The van der Waals surface area contributed by atoms with Gasteiger partial charge in [-0.1, -0.05) is 0 Å². The van der Waals surface area contributed by atoms with Crippen molar-refractivity contribution < 1.29 is 27.3 Å². The van der Waals surface area contributed by atoms with E-state index in [-0.39, 0.29) is 23.7 Å². The Hall–Kier alpha value is -1.64. The molecule has 1 heterocycles. The Morgan fingerprint density at radius 3 is 2.58 bits per heavy atom. The molecule has 1 atom stereocenters. The zero-order valence-corrected chi connectivity index (χ0v) is 10.6. The minimum Gasteiger partial charge on any atom is -0.478 e. The van der Waals surface area contributed by atoms with Gasteiger partial charge in [-0.3, -0.25) is 4.21 Å². The van der Waals surface area contributed by atoms with E-state index in [0.29, 0.717) is 6.07 Å². The molecule has 0 aromatic carbocycles. The molecule has 0 aliphatic rings. The summed E-state index contributed by atoms with van der Waals surface area (Å²) in [6.45, 7) is 0.0672. The first-order valence-corrected chi connectivity index (χ1v) is 6.80. The Morgan fingerprint density at radius 2 is 2.11 bits per heavy atom. The van der Waals surface area contributed by atoms with E-state index in [0.717, 1.165) is 6.07 Å². The molecule has 0 saturated heterocycles. The maximum atomic E-state index is 12.5. The summed E-state index contributed by atoms with van der Waals surface area (Å²) in [6, 6.07) is 1.44. The van der Waals surface area contributed by atoms with Gasteiger partial charge >= 0.3 is 12.1 Å². The first kappa shape index (κ1) is 15.4. The van der Waals surface area contributed by atoms with Crippen LogP contribution in [0.15, 0.2) is 12.1 Å². The number of carboxylic acid groups (broad SMARTS) is 1. The van der Waals surface area contributed by atoms with Crippen LogP contribution in [0.5, 0.6) is 0 Å². The van der Waals surface area contributed by atoms with Gasteiger partial charge in [0.25, 0.3) is 0 Å². The van der Waals surface area contributed by atoms with Crippen LogP contribution in [0, 0.1) is 0 Å². The minimum absolute atomic E-state index is 0.0672. The fourth-order valence-corrected chi connectivity index (χ4v) is 1.63. The molecule has 0 saturated carbocycles. The zero-order valence-electron chi connectivity index (χ0n) is 9.82. The van der Waals surface area contributed by atoms with Crippen molar-refractivity contribution in [2.45, 2.75) is 6.18 Å². The van der Waals surface area contributed by atoms with Gasteiger partial charge in [0.05, 0.1) is 0 Å². The Labute approximate surface area is 109 Å². The van der Waals surface area contributed by atoms with Crippen LogP contribution in [-0.4, -0.2) is 38.8 Å². The van der Waals surface area contributed by atoms with Crippen molar-refractivity contribution in [1.82, 2.24) is 4.98 Å². The van der Waals surface area contributed by atoms with Crippen LogP contribution in [-0.2, 0) is 17.0 Å². The van der Waals surface area contributed by atoms with Gasteiger partial charge in [-0.05, 0) is 12.1 Å². The normalized spacial score (nSPS) is 13.1. The van der Waals surface area contributed by atoms with Crippen LogP contribution in [0.25, 0.3) is 0 Å². The molecule has 0 aliphatic carbocycles. The molecule has 106 valence electrons. The number of anilines is 1. The fraction of sp³-hybridized carbons (Fsp3) is 0.400. The summed E-state index contributed by atoms with van der Waals surface area (Å²) in [5, 5.41) is 11.3. The van der Waals surface area contributed by atoms with Crippen molar-refractivity contribution in [1.29, 1.82) is 0 Å². The highest BCUT2D eigenvalue weighted by Gasteiger charge is 2.33. The molecule has 1 aromatic heterocycles. The first-order chi connectivity index (χ1) is 8.71. The lowest BCUT2D eigenvalue weighted by Crippen LogP contribution is -2.17. The van der Waals surface area contributed by atoms with Crippen molar-refractivity contribution in [3.63, 3.8) is 0 Å². The molecule has 1 aromatic rings. The molecule has 0 amide bonds. The monoisotopic (exact) mass is 296 g/mol. The number of aromatic carboxylic acids is 1. The van der Waals surface area contributed by atoms with Gasteiger partial charge in [0.1, 0.15) is 17.1 Å². The van der Waals surface area contributed by atoms with E-state index < -0.39 is 28.6 Å². The molecule has 1 rings (SSSR count). The summed E-state index contributed by atoms with van der Waals surface area (Å²) in [7, 11) is -1.14. The molecule has 19 heavy (non-hydrogen) atoms. The van der Waals surface area contributed by atoms with Crippen molar-refractivity contribution >= 4 is 22.6 Å². The van der Waals surface area contributed by atoms with Crippen LogP contribution in [0.2, 0.25) is 0 Å². The molecule has 0 fully saturated rings. The average Bonchev–Trinajstić information content (AvgIpc) is 2.26. The third-order valence-corrected chi connectivity index (χ3v) is 2.88. The number of halogens is 3. The Kier molecular flexibility index (Phi) is 4.87. The van der Waals surface area contributed by atoms with Crippen molar-refractivity contribution in [2.24, 2.45) is 0 Å². The van der Waals surface area contributed by atoms with E-state index in [1.165, 1.54) is 6.26 Å². The number of alkyl halides is 3. The average molecular weight is 296 g/mol. The van der Waals surface area contributed by atoms with Gasteiger partial charge in [0.2, 0.25) is 0 Å². The molecule has 0 bridgehead atoms. The topological polar surface area (TPSA) is 79.3 Å². The van der Waals surface area contributed by atoms with E-state index >= 15 is 0 Å². The number of aromatic nitrogens is 1. The predicted octanol–water partition coefficient (Wildman–Crippen LogP) is 1.59. The van der Waals surface area contributed by atoms with Gasteiger partial charge < -0.3 is 10.4 Å². The van der Waals surface area contributed by atoms with Crippen LogP contribution in [0.4, 0.5) is 19.0 Å². The van der Waals surface area contributed by atoms with Crippen molar-refractivity contribution in [2.75, 3.05) is 23.9 Å². The smallest absolute Gasteiger partial charge is 0.433 e. The second kappa shape index (κ2) is 6.00. The van der Waals surface area contributed by atoms with Crippen molar-refractivity contribution in [3.05, 3.63) is 23.4 Å². The summed E-state index contributed by atoms with van der Waals surface area (Å²) in [4.78, 5) is 14.1. The van der Waals surface area contributed by atoms with Crippen LogP contribution >= 0.6 is 0 Å². The second-order valence-electron chi connectivity index (χ2n) is 3.60. The highest BCUT2D eigenvalue weighted by Crippen LogP contribution is 2.29. The lowest BCUT2D eigenvalue weighted by Gasteiger charge is -2.11. The number of hydrogen-bond acceptors (Lipinski definition) is 4. The number of carbonyl (C=O) groups is 1. The number of hydrogen-bond donors (Lipinski definition) is 2. The highest BCUT2D eigenvalue weighted by molar-refractivity contribution is 7.84. The van der Waals surface area contributed by atoms with Crippen molar-refractivity contribution in [3.8, 4) is 0 Å². The van der Waals surface area contributed by atoms with Gasteiger partial charge in [0, 0.05) is 29.4 Å². The number of carboxylic acids is 1. The molecule has 0 aliphatic heterocycles. The molecule has 1 unspecified atom stereocenters. The van der Waals surface area contributed by atoms with Gasteiger partial charge in [-0.2, -0.15) is 13.2 Å². The number of nitrogens with one attached hydrogen (secondary N) is 1. The Morgan fingerprint density at radius 1 is 1.47 bits per heavy atom. The van der Waals surface area contributed by atoms with Gasteiger partial charge in [-0.25, -0.2) is 9.78 Å². The third-order valence-electron chi connectivity index (χ3n) is 2.10. The summed E-state index contributed by atoms with van der Waals surface area (Å²) < 4.78 is 48.2. The molecule has 2 N–H and O–H groups in total. The predicted molar refractivity (Wildman–Crippen MR) is 63.6 cm³/mol.